The molecule has 4 nitrogen and oxygen atoms in total. The van der Waals surface area contributed by atoms with Crippen LogP contribution in [0.5, 0.6) is 5.75 Å². The Labute approximate surface area is 123 Å². The molecule has 0 aliphatic heterocycles. The van der Waals surface area contributed by atoms with Gasteiger partial charge in [-0.3, -0.25) is 4.90 Å². The summed E-state index contributed by atoms with van der Waals surface area (Å²) in [6, 6.07) is 9.27. The zero-order valence-corrected chi connectivity index (χ0v) is 12.5. The highest BCUT2D eigenvalue weighted by Gasteiger charge is 2.05. The Morgan fingerprint density at radius 3 is 2.70 bits per heavy atom. The van der Waals surface area contributed by atoms with E-state index in [1.165, 1.54) is 4.88 Å². The van der Waals surface area contributed by atoms with Crippen molar-refractivity contribution >= 4 is 11.3 Å². The third-order valence-corrected chi connectivity index (χ3v) is 3.90. The van der Waals surface area contributed by atoms with E-state index in [2.05, 4.69) is 23.0 Å². The van der Waals surface area contributed by atoms with Gasteiger partial charge >= 0.3 is 0 Å². The Balaban J connectivity index is 1.75. The van der Waals surface area contributed by atoms with Crippen LogP contribution in [0, 0.1) is 18.3 Å². The molecule has 0 fully saturated rings. The zero-order chi connectivity index (χ0) is 14.4. The predicted octanol–water partition coefficient (Wildman–Crippen LogP) is 2.83. The minimum Gasteiger partial charge on any atom is -0.492 e. The molecule has 1 aromatic heterocycles. The van der Waals surface area contributed by atoms with E-state index in [4.69, 9.17) is 10.00 Å². The third-order valence-electron chi connectivity index (χ3n) is 2.98. The molecule has 1 heterocycles. The molecule has 104 valence electrons. The maximum Gasteiger partial charge on any atom is 0.119 e. The molecule has 1 aromatic carbocycles. The van der Waals surface area contributed by atoms with Crippen LogP contribution in [0.4, 0.5) is 0 Å². The Bertz CT molecular complexity index is 586. The Morgan fingerprint density at radius 1 is 1.35 bits per heavy atom. The van der Waals surface area contributed by atoms with Crippen LogP contribution in [-0.2, 0) is 6.54 Å². The first-order valence-electron chi connectivity index (χ1n) is 6.39. The molecule has 0 saturated carbocycles. The molecule has 20 heavy (non-hydrogen) atoms. The summed E-state index contributed by atoms with van der Waals surface area (Å²) in [6.07, 6.45) is 0. The lowest BCUT2D eigenvalue weighted by atomic mass is 10.2. The van der Waals surface area contributed by atoms with Gasteiger partial charge in [-0.1, -0.05) is 0 Å². The molecule has 2 aromatic rings. The van der Waals surface area contributed by atoms with Crippen LogP contribution in [0.15, 0.2) is 29.8 Å². The van der Waals surface area contributed by atoms with E-state index >= 15 is 0 Å². The summed E-state index contributed by atoms with van der Waals surface area (Å²) in [5, 5.41) is 8.72. The predicted molar refractivity (Wildman–Crippen MR) is 79.8 cm³/mol. The molecule has 0 aliphatic rings. The number of nitriles is 1. The van der Waals surface area contributed by atoms with Gasteiger partial charge < -0.3 is 4.74 Å². The van der Waals surface area contributed by atoms with Gasteiger partial charge in [-0.15, -0.1) is 11.3 Å². The second kappa shape index (κ2) is 7.04. The monoisotopic (exact) mass is 287 g/mol. The zero-order valence-electron chi connectivity index (χ0n) is 11.7. The molecule has 0 atom stereocenters. The van der Waals surface area contributed by atoms with Gasteiger partial charge in [0.15, 0.2) is 0 Å². The highest BCUT2D eigenvalue weighted by atomic mass is 32.1. The van der Waals surface area contributed by atoms with Gasteiger partial charge in [0, 0.05) is 18.0 Å². The van der Waals surface area contributed by atoms with Crippen molar-refractivity contribution in [3.63, 3.8) is 0 Å². The number of hydrogen-bond acceptors (Lipinski definition) is 5. The number of aryl methyl sites for hydroxylation is 1. The van der Waals surface area contributed by atoms with Gasteiger partial charge in [-0.25, -0.2) is 4.98 Å². The number of likely N-dealkylation sites (N-methyl/N-ethyl adjacent to an activating group) is 1. The summed E-state index contributed by atoms with van der Waals surface area (Å²) in [6.45, 7) is 4.40. The molecule has 0 spiro atoms. The first-order valence-corrected chi connectivity index (χ1v) is 7.27. The average molecular weight is 287 g/mol. The number of hydrogen-bond donors (Lipinski definition) is 0. The Kier molecular flexibility index (Phi) is 5.10. The lowest BCUT2D eigenvalue weighted by Gasteiger charge is -2.16. The van der Waals surface area contributed by atoms with Crippen molar-refractivity contribution in [1.29, 1.82) is 5.26 Å². The summed E-state index contributed by atoms with van der Waals surface area (Å²) >= 11 is 1.69. The molecule has 0 amide bonds. The standard InChI is InChI=1S/C15H17N3OS/c1-12-15(20-11-17-12)10-18(2)7-8-19-14-5-3-13(9-16)4-6-14/h3-6,11H,7-8,10H2,1-2H3. The second-order valence-corrected chi connectivity index (χ2v) is 5.52. The van der Waals surface area contributed by atoms with Crippen molar-refractivity contribution in [2.45, 2.75) is 13.5 Å². The van der Waals surface area contributed by atoms with E-state index in [1.807, 2.05) is 24.6 Å². The Hall–Kier alpha value is -1.90. The van der Waals surface area contributed by atoms with Crippen LogP contribution in [0.3, 0.4) is 0 Å². The summed E-state index contributed by atoms with van der Waals surface area (Å²) in [7, 11) is 2.07. The van der Waals surface area contributed by atoms with Crippen LogP contribution in [0.1, 0.15) is 16.1 Å². The van der Waals surface area contributed by atoms with Crippen LogP contribution < -0.4 is 4.74 Å². The van der Waals surface area contributed by atoms with E-state index in [9.17, 15) is 0 Å². The number of benzene rings is 1. The van der Waals surface area contributed by atoms with Crippen molar-refractivity contribution in [1.82, 2.24) is 9.88 Å². The topological polar surface area (TPSA) is 49.2 Å². The van der Waals surface area contributed by atoms with Gasteiger partial charge in [-0.05, 0) is 38.2 Å². The normalized spacial score (nSPS) is 10.5. The number of ether oxygens (including phenoxy) is 1. The number of rotatable bonds is 6. The molecular weight excluding hydrogens is 270 g/mol. The summed E-state index contributed by atoms with van der Waals surface area (Å²) in [5.41, 5.74) is 3.64. The number of aromatic nitrogens is 1. The van der Waals surface area contributed by atoms with Crippen LogP contribution >= 0.6 is 11.3 Å². The minimum absolute atomic E-state index is 0.625. The Morgan fingerprint density at radius 2 is 2.10 bits per heavy atom. The van der Waals surface area contributed by atoms with Crippen molar-refractivity contribution in [2.24, 2.45) is 0 Å². The van der Waals surface area contributed by atoms with Crippen LogP contribution in [0.2, 0.25) is 0 Å². The maximum atomic E-state index is 8.72. The lowest BCUT2D eigenvalue weighted by molar-refractivity contribution is 0.233. The van der Waals surface area contributed by atoms with Crippen LogP contribution in [-0.4, -0.2) is 30.1 Å². The highest BCUT2D eigenvalue weighted by molar-refractivity contribution is 7.09. The van der Waals surface area contributed by atoms with Crippen LogP contribution in [0.25, 0.3) is 0 Å². The fourth-order valence-electron chi connectivity index (χ4n) is 1.75. The minimum atomic E-state index is 0.625. The second-order valence-electron chi connectivity index (χ2n) is 4.58. The molecule has 0 unspecified atom stereocenters. The molecule has 2 rings (SSSR count). The third kappa shape index (κ3) is 4.05. The average Bonchev–Trinajstić information content (AvgIpc) is 2.85. The van der Waals surface area contributed by atoms with E-state index in [0.717, 1.165) is 24.5 Å². The SMILES string of the molecule is Cc1ncsc1CN(C)CCOc1ccc(C#N)cc1. The molecule has 0 N–H and O–H groups in total. The van der Waals surface area contributed by atoms with E-state index in [0.29, 0.717) is 12.2 Å². The summed E-state index contributed by atoms with van der Waals surface area (Å²) in [4.78, 5) is 7.76. The summed E-state index contributed by atoms with van der Waals surface area (Å²) in [5.74, 6) is 0.798. The smallest absolute Gasteiger partial charge is 0.119 e. The first kappa shape index (κ1) is 14.5. The van der Waals surface area contributed by atoms with E-state index < -0.39 is 0 Å². The van der Waals surface area contributed by atoms with Gasteiger partial charge in [0.05, 0.1) is 22.8 Å². The molecule has 0 bridgehead atoms. The van der Waals surface area contributed by atoms with Gasteiger partial charge in [-0.2, -0.15) is 5.26 Å². The number of thiazole rings is 1. The van der Waals surface area contributed by atoms with Crippen molar-refractivity contribution in [3.05, 3.63) is 45.9 Å². The maximum absolute atomic E-state index is 8.72. The van der Waals surface area contributed by atoms with Gasteiger partial charge in [0.2, 0.25) is 0 Å². The largest absolute Gasteiger partial charge is 0.492 e. The summed E-state index contributed by atoms with van der Waals surface area (Å²) < 4.78 is 5.66. The van der Waals surface area contributed by atoms with Crippen molar-refractivity contribution < 1.29 is 4.74 Å². The molecule has 0 saturated heterocycles. The fraction of sp³-hybridized carbons (Fsp3) is 0.333. The quantitative estimate of drug-likeness (QED) is 0.819. The van der Waals surface area contributed by atoms with E-state index in [-0.39, 0.29) is 0 Å². The number of nitrogens with zero attached hydrogens (tertiary/aromatic N) is 3. The molecule has 0 radical (unpaired) electrons. The van der Waals surface area contributed by atoms with Gasteiger partial charge in [0.25, 0.3) is 0 Å². The lowest BCUT2D eigenvalue weighted by Crippen LogP contribution is -2.23. The molecule has 0 aliphatic carbocycles. The first-order chi connectivity index (χ1) is 9.69. The van der Waals surface area contributed by atoms with Crippen molar-refractivity contribution in [2.75, 3.05) is 20.2 Å². The van der Waals surface area contributed by atoms with Crippen molar-refractivity contribution in [3.8, 4) is 11.8 Å². The highest BCUT2D eigenvalue weighted by Crippen LogP contribution is 2.14. The van der Waals surface area contributed by atoms with Gasteiger partial charge in [0.1, 0.15) is 12.4 Å². The fourth-order valence-corrected chi connectivity index (χ4v) is 2.60. The molecule has 5 heteroatoms. The molecular formula is C15H17N3OS. The van der Waals surface area contributed by atoms with E-state index in [1.54, 1.807) is 23.5 Å².